The Bertz CT molecular complexity index is 585. The lowest BCUT2D eigenvalue weighted by Gasteiger charge is -2.15. The zero-order valence-corrected chi connectivity index (χ0v) is 12.4. The fraction of sp³-hybridized carbons (Fsp3) is 0.500. The lowest BCUT2D eigenvalue weighted by atomic mass is 10.0. The Hall–Kier alpha value is -1.37. The second-order valence-corrected chi connectivity index (χ2v) is 5.07. The van der Waals surface area contributed by atoms with Gasteiger partial charge in [-0.1, -0.05) is 11.6 Å². The monoisotopic (exact) mass is 282 g/mol. The maximum Gasteiger partial charge on any atom is 0.130 e. The largest absolute Gasteiger partial charge is 0.273 e. The van der Waals surface area contributed by atoms with Crippen molar-refractivity contribution >= 4 is 11.6 Å². The molecule has 2 aromatic rings. The van der Waals surface area contributed by atoms with Crippen molar-refractivity contribution in [2.24, 2.45) is 19.9 Å². The smallest absolute Gasteiger partial charge is 0.130 e. The van der Waals surface area contributed by atoms with Crippen molar-refractivity contribution in [3.8, 4) is 0 Å². The van der Waals surface area contributed by atoms with Gasteiger partial charge < -0.3 is 0 Å². The first-order valence-corrected chi connectivity index (χ1v) is 6.46. The first-order chi connectivity index (χ1) is 8.95. The van der Waals surface area contributed by atoms with Crippen LogP contribution in [0.15, 0.2) is 6.20 Å². The van der Waals surface area contributed by atoms with Crippen LogP contribution in [-0.4, -0.2) is 19.6 Å². The summed E-state index contributed by atoms with van der Waals surface area (Å²) in [5, 5.41) is 9.21. The zero-order valence-electron chi connectivity index (χ0n) is 11.6. The topological polar surface area (TPSA) is 73.7 Å². The van der Waals surface area contributed by atoms with Gasteiger partial charge in [0.15, 0.2) is 0 Å². The van der Waals surface area contributed by atoms with Gasteiger partial charge in [0.25, 0.3) is 0 Å². The van der Waals surface area contributed by atoms with Crippen molar-refractivity contribution in [2.45, 2.75) is 26.3 Å². The highest BCUT2D eigenvalue weighted by Crippen LogP contribution is 2.26. The number of nitrogens with one attached hydrogen (secondary N) is 1. The molecule has 0 bridgehead atoms. The number of hydrazine groups is 1. The molecule has 0 aliphatic rings. The lowest BCUT2D eigenvalue weighted by molar-refractivity contribution is 0.547. The van der Waals surface area contributed by atoms with Crippen LogP contribution in [0.1, 0.15) is 28.6 Å². The lowest BCUT2D eigenvalue weighted by Crippen LogP contribution is -2.30. The van der Waals surface area contributed by atoms with E-state index in [1.54, 1.807) is 4.68 Å². The van der Waals surface area contributed by atoms with Crippen molar-refractivity contribution in [1.82, 2.24) is 25.0 Å². The molecule has 104 valence electrons. The van der Waals surface area contributed by atoms with E-state index in [-0.39, 0.29) is 6.04 Å². The number of nitrogens with two attached hydrogens (primary N) is 1. The molecule has 0 aliphatic carbocycles. The molecule has 3 N–H and O–H groups in total. The molecule has 0 fully saturated rings. The second-order valence-electron chi connectivity index (χ2n) is 4.71. The van der Waals surface area contributed by atoms with E-state index in [1.165, 1.54) is 0 Å². The Labute approximate surface area is 117 Å². The van der Waals surface area contributed by atoms with Crippen LogP contribution in [0, 0.1) is 13.8 Å². The molecule has 2 rings (SSSR count). The molecule has 0 amide bonds. The van der Waals surface area contributed by atoms with Crippen molar-refractivity contribution in [3.05, 3.63) is 33.9 Å². The number of nitrogens with zero attached hydrogens (tertiary/aromatic N) is 4. The summed E-state index contributed by atoms with van der Waals surface area (Å²) >= 11 is 6.26. The minimum atomic E-state index is -0.0332. The molecule has 0 saturated carbocycles. The summed E-state index contributed by atoms with van der Waals surface area (Å²) in [6, 6.07) is -0.0332. The molecular formula is C12H19ClN6. The van der Waals surface area contributed by atoms with E-state index in [0.717, 1.165) is 22.5 Å². The van der Waals surface area contributed by atoms with Crippen molar-refractivity contribution in [2.75, 3.05) is 0 Å². The summed E-state index contributed by atoms with van der Waals surface area (Å²) in [5.41, 5.74) is 6.93. The summed E-state index contributed by atoms with van der Waals surface area (Å²) in [4.78, 5) is 0. The molecule has 6 nitrogen and oxygen atoms in total. The Morgan fingerprint density at radius 3 is 2.47 bits per heavy atom. The Morgan fingerprint density at radius 1 is 1.37 bits per heavy atom. The highest BCUT2D eigenvalue weighted by atomic mass is 35.5. The van der Waals surface area contributed by atoms with Crippen LogP contribution >= 0.6 is 11.6 Å². The number of hydrogen-bond acceptors (Lipinski definition) is 4. The number of aryl methyl sites for hydroxylation is 3. The molecule has 0 radical (unpaired) electrons. The molecule has 1 atom stereocenters. The molecule has 2 heterocycles. The molecule has 7 heteroatoms. The molecule has 0 saturated heterocycles. The maximum absolute atomic E-state index is 6.26. The van der Waals surface area contributed by atoms with Gasteiger partial charge in [0.2, 0.25) is 0 Å². The van der Waals surface area contributed by atoms with Crippen LogP contribution in [-0.2, 0) is 20.5 Å². The quantitative estimate of drug-likeness (QED) is 0.652. The first kappa shape index (κ1) is 14.0. The van der Waals surface area contributed by atoms with Crippen LogP contribution in [0.2, 0.25) is 5.15 Å². The van der Waals surface area contributed by atoms with E-state index in [1.807, 2.05) is 38.8 Å². The number of rotatable bonds is 4. The normalized spacial score (nSPS) is 12.9. The molecule has 2 aromatic heterocycles. The van der Waals surface area contributed by atoms with Crippen molar-refractivity contribution in [1.29, 1.82) is 0 Å². The first-order valence-electron chi connectivity index (χ1n) is 6.08. The van der Waals surface area contributed by atoms with Gasteiger partial charge >= 0.3 is 0 Å². The summed E-state index contributed by atoms with van der Waals surface area (Å²) in [7, 11) is 3.74. The third-order valence-corrected chi connectivity index (χ3v) is 4.00. The van der Waals surface area contributed by atoms with Gasteiger partial charge in [0.1, 0.15) is 5.15 Å². The average Bonchev–Trinajstić information content (AvgIpc) is 2.81. The maximum atomic E-state index is 6.26. The van der Waals surface area contributed by atoms with Gasteiger partial charge in [-0.15, -0.1) is 0 Å². The van der Waals surface area contributed by atoms with Crippen LogP contribution in [0.25, 0.3) is 0 Å². The van der Waals surface area contributed by atoms with Gasteiger partial charge in [-0.3, -0.25) is 20.6 Å². The minimum absolute atomic E-state index is 0.0332. The predicted octanol–water partition coefficient (Wildman–Crippen LogP) is 1.17. The highest BCUT2D eigenvalue weighted by molar-refractivity contribution is 6.30. The summed E-state index contributed by atoms with van der Waals surface area (Å²) < 4.78 is 3.51. The van der Waals surface area contributed by atoms with Gasteiger partial charge in [0, 0.05) is 30.9 Å². The summed E-state index contributed by atoms with van der Waals surface area (Å²) in [5.74, 6) is 5.68. The van der Waals surface area contributed by atoms with E-state index in [9.17, 15) is 0 Å². The fourth-order valence-electron chi connectivity index (χ4n) is 2.23. The summed E-state index contributed by atoms with van der Waals surface area (Å²) in [6.45, 7) is 3.97. The third kappa shape index (κ3) is 2.51. The highest BCUT2D eigenvalue weighted by Gasteiger charge is 2.20. The third-order valence-electron chi connectivity index (χ3n) is 3.53. The van der Waals surface area contributed by atoms with E-state index in [0.29, 0.717) is 11.6 Å². The SMILES string of the molecule is Cc1nn(C)c(Cl)c1CC(NN)c1cnn(C)c1C. The van der Waals surface area contributed by atoms with Crippen LogP contribution in [0.3, 0.4) is 0 Å². The Kier molecular flexibility index (Phi) is 3.93. The number of halogens is 1. The van der Waals surface area contributed by atoms with E-state index >= 15 is 0 Å². The molecular weight excluding hydrogens is 264 g/mol. The van der Waals surface area contributed by atoms with Gasteiger partial charge in [0.05, 0.1) is 17.9 Å². The van der Waals surface area contributed by atoms with Crippen molar-refractivity contribution in [3.63, 3.8) is 0 Å². The number of hydrogen-bond donors (Lipinski definition) is 2. The molecule has 0 spiro atoms. The molecule has 0 aliphatic heterocycles. The van der Waals surface area contributed by atoms with Crippen LogP contribution in [0.5, 0.6) is 0 Å². The van der Waals surface area contributed by atoms with E-state index in [2.05, 4.69) is 15.6 Å². The van der Waals surface area contributed by atoms with Crippen LogP contribution in [0.4, 0.5) is 0 Å². The summed E-state index contributed by atoms with van der Waals surface area (Å²) in [6.07, 6.45) is 2.51. The van der Waals surface area contributed by atoms with E-state index in [4.69, 9.17) is 17.4 Å². The van der Waals surface area contributed by atoms with Crippen LogP contribution < -0.4 is 11.3 Å². The minimum Gasteiger partial charge on any atom is -0.273 e. The second kappa shape index (κ2) is 5.32. The Morgan fingerprint density at radius 2 is 2.05 bits per heavy atom. The predicted molar refractivity (Wildman–Crippen MR) is 74.7 cm³/mol. The molecule has 19 heavy (non-hydrogen) atoms. The van der Waals surface area contributed by atoms with Gasteiger partial charge in [-0.2, -0.15) is 10.2 Å². The Balaban J connectivity index is 2.32. The molecule has 1 unspecified atom stereocenters. The van der Waals surface area contributed by atoms with Crippen molar-refractivity contribution < 1.29 is 0 Å². The molecule has 0 aromatic carbocycles. The average molecular weight is 283 g/mol. The fourth-order valence-corrected chi connectivity index (χ4v) is 2.48. The van der Waals surface area contributed by atoms with Gasteiger partial charge in [-0.05, 0) is 20.3 Å². The number of aromatic nitrogens is 4. The van der Waals surface area contributed by atoms with Gasteiger partial charge in [-0.25, -0.2) is 0 Å². The zero-order chi connectivity index (χ0) is 14.2. The standard InChI is InChI=1S/C12H19ClN6/c1-7-9(12(13)19(4)17-7)5-11(16-14)10-6-15-18(3)8(10)2/h6,11,16H,5,14H2,1-4H3. The van der Waals surface area contributed by atoms with E-state index < -0.39 is 0 Å².